The van der Waals surface area contributed by atoms with E-state index in [9.17, 15) is 0 Å². The minimum absolute atomic E-state index is 0.327. The first-order valence-electron chi connectivity index (χ1n) is 6.59. The Morgan fingerprint density at radius 1 is 1.33 bits per heavy atom. The number of hydrogen-bond acceptors (Lipinski definition) is 4. The SMILES string of the molecule is Nc1cccc(OCCN2CCC(CO)CC2)c1. The van der Waals surface area contributed by atoms with Crippen molar-refractivity contribution in [2.75, 3.05) is 38.6 Å². The lowest BCUT2D eigenvalue weighted by Crippen LogP contribution is -2.37. The standard InChI is InChI=1S/C14H22N2O2/c15-13-2-1-3-14(10-13)18-9-8-16-6-4-12(11-17)5-7-16/h1-3,10,12,17H,4-9,11,15H2. The van der Waals surface area contributed by atoms with Gasteiger partial charge in [-0.05, 0) is 44.0 Å². The monoisotopic (exact) mass is 250 g/mol. The average Bonchev–Trinajstić information content (AvgIpc) is 2.40. The molecule has 18 heavy (non-hydrogen) atoms. The third-order valence-corrected chi connectivity index (χ3v) is 3.50. The molecule has 3 N–H and O–H groups in total. The van der Waals surface area contributed by atoms with Crippen molar-refractivity contribution in [3.05, 3.63) is 24.3 Å². The lowest BCUT2D eigenvalue weighted by molar-refractivity contribution is 0.119. The van der Waals surface area contributed by atoms with E-state index in [2.05, 4.69) is 4.90 Å². The van der Waals surface area contributed by atoms with Crippen molar-refractivity contribution >= 4 is 5.69 Å². The summed E-state index contributed by atoms with van der Waals surface area (Å²) in [5.41, 5.74) is 6.42. The third kappa shape index (κ3) is 3.89. The van der Waals surface area contributed by atoms with Gasteiger partial charge in [0.25, 0.3) is 0 Å². The normalized spacial score (nSPS) is 17.8. The van der Waals surface area contributed by atoms with Gasteiger partial charge in [0.1, 0.15) is 12.4 Å². The predicted octanol–water partition coefficient (Wildman–Crippen LogP) is 1.35. The van der Waals surface area contributed by atoms with Crippen LogP contribution in [0.25, 0.3) is 0 Å². The summed E-state index contributed by atoms with van der Waals surface area (Å²) in [6.07, 6.45) is 2.18. The van der Waals surface area contributed by atoms with E-state index in [1.165, 1.54) is 0 Å². The fraction of sp³-hybridized carbons (Fsp3) is 0.571. The number of piperidine rings is 1. The predicted molar refractivity (Wildman–Crippen MR) is 72.6 cm³/mol. The lowest BCUT2D eigenvalue weighted by Gasteiger charge is -2.30. The van der Waals surface area contributed by atoms with Crippen molar-refractivity contribution in [1.29, 1.82) is 0 Å². The van der Waals surface area contributed by atoms with Crippen LogP contribution in [-0.4, -0.2) is 42.9 Å². The second kappa shape index (κ2) is 6.61. The number of likely N-dealkylation sites (tertiary alicyclic amines) is 1. The quantitative estimate of drug-likeness (QED) is 0.775. The van der Waals surface area contributed by atoms with E-state index in [0.717, 1.165) is 43.9 Å². The van der Waals surface area contributed by atoms with Crippen LogP contribution in [0.1, 0.15) is 12.8 Å². The van der Waals surface area contributed by atoms with Gasteiger partial charge in [-0.3, -0.25) is 4.90 Å². The van der Waals surface area contributed by atoms with Gasteiger partial charge in [0.05, 0.1) is 0 Å². The topological polar surface area (TPSA) is 58.7 Å². The molecular formula is C14H22N2O2. The van der Waals surface area contributed by atoms with Gasteiger partial charge in [0, 0.05) is 24.9 Å². The zero-order valence-electron chi connectivity index (χ0n) is 10.7. The molecule has 0 unspecified atom stereocenters. The summed E-state index contributed by atoms with van der Waals surface area (Å²) in [5, 5.41) is 9.07. The molecule has 0 aliphatic carbocycles. The Kier molecular flexibility index (Phi) is 4.84. The van der Waals surface area contributed by atoms with Crippen molar-refractivity contribution in [2.24, 2.45) is 5.92 Å². The summed E-state index contributed by atoms with van der Waals surface area (Å²) in [6.45, 7) is 4.07. The molecule has 0 spiro atoms. The van der Waals surface area contributed by atoms with Gasteiger partial charge in [-0.15, -0.1) is 0 Å². The number of nitrogen functional groups attached to an aromatic ring is 1. The maximum Gasteiger partial charge on any atom is 0.121 e. The molecule has 1 fully saturated rings. The first-order chi connectivity index (χ1) is 8.78. The van der Waals surface area contributed by atoms with Crippen molar-refractivity contribution in [1.82, 2.24) is 4.90 Å². The smallest absolute Gasteiger partial charge is 0.121 e. The number of nitrogens with zero attached hydrogens (tertiary/aromatic N) is 1. The van der Waals surface area contributed by atoms with Crippen LogP contribution in [0.4, 0.5) is 5.69 Å². The van der Waals surface area contributed by atoms with Crippen LogP contribution < -0.4 is 10.5 Å². The fourth-order valence-corrected chi connectivity index (χ4v) is 2.29. The zero-order valence-corrected chi connectivity index (χ0v) is 10.7. The van der Waals surface area contributed by atoms with Crippen molar-refractivity contribution in [3.63, 3.8) is 0 Å². The Morgan fingerprint density at radius 3 is 2.78 bits per heavy atom. The number of aliphatic hydroxyl groups is 1. The minimum atomic E-state index is 0.327. The number of benzene rings is 1. The van der Waals surface area contributed by atoms with Crippen molar-refractivity contribution in [2.45, 2.75) is 12.8 Å². The van der Waals surface area contributed by atoms with Crippen molar-refractivity contribution in [3.8, 4) is 5.75 Å². The molecule has 0 amide bonds. The molecule has 0 radical (unpaired) electrons. The third-order valence-electron chi connectivity index (χ3n) is 3.50. The number of anilines is 1. The van der Waals surface area contributed by atoms with Crippen LogP contribution in [0.2, 0.25) is 0 Å². The van der Waals surface area contributed by atoms with Crippen LogP contribution in [0.15, 0.2) is 24.3 Å². The second-order valence-electron chi connectivity index (χ2n) is 4.89. The number of hydrogen-bond donors (Lipinski definition) is 2. The molecule has 100 valence electrons. The molecule has 4 heteroatoms. The summed E-state index contributed by atoms with van der Waals surface area (Å²) in [7, 11) is 0. The van der Waals surface area contributed by atoms with Gasteiger partial charge in [-0.1, -0.05) is 6.07 Å². The molecule has 1 aliphatic heterocycles. The van der Waals surface area contributed by atoms with Crippen LogP contribution in [-0.2, 0) is 0 Å². The Hall–Kier alpha value is -1.26. The second-order valence-corrected chi connectivity index (χ2v) is 4.89. The first-order valence-corrected chi connectivity index (χ1v) is 6.59. The molecule has 2 rings (SSSR count). The molecule has 1 aromatic rings. The van der Waals surface area contributed by atoms with Gasteiger partial charge in [0.15, 0.2) is 0 Å². The highest BCUT2D eigenvalue weighted by molar-refractivity contribution is 5.43. The summed E-state index contributed by atoms with van der Waals surface area (Å²) >= 11 is 0. The highest BCUT2D eigenvalue weighted by Gasteiger charge is 2.17. The highest BCUT2D eigenvalue weighted by Crippen LogP contribution is 2.17. The zero-order chi connectivity index (χ0) is 12.8. The van der Waals surface area contributed by atoms with Gasteiger partial charge in [0.2, 0.25) is 0 Å². The van der Waals surface area contributed by atoms with Crippen LogP contribution in [0, 0.1) is 5.92 Å². The van der Waals surface area contributed by atoms with E-state index in [0.29, 0.717) is 19.1 Å². The minimum Gasteiger partial charge on any atom is -0.492 e. The molecule has 1 aromatic carbocycles. The fourth-order valence-electron chi connectivity index (χ4n) is 2.29. The Bertz CT molecular complexity index is 363. The Morgan fingerprint density at radius 2 is 2.11 bits per heavy atom. The van der Waals surface area contributed by atoms with Crippen LogP contribution >= 0.6 is 0 Å². The molecule has 1 saturated heterocycles. The molecular weight excluding hydrogens is 228 g/mol. The van der Waals surface area contributed by atoms with Crippen LogP contribution in [0.3, 0.4) is 0 Å². The van der Waals surface area contributed by atoms with E-state index < -0.39 is 0 Å². The molecule has 0 aromatic heterocycles. The summed E-state index contributed by atoms with van der Waals surface area (Å²) in [6, 6.07) is 7.52. The maximum absolute atomic E-state index is 9.07. The first kappa shape index (κ1) is 13.2. The van der Waals surface area contributed by atoms with E-state index in [-0.39, 0.29) is 0 Å². The van der Waals surface area contributed by atoms with E-state index in [1.54, 1.807) is 0 Å². The number of rotatable bonds is 5. The van der Waals surface area contributed by atoms with Gasteiger partial charge < -0.3 is 15.6 Å². The summed E-state index contributed by atoms with van der Waals surface area (Å²) in [4.78, 5) is 2.39. The lowest BCUT2D eigenvalue weighted by atomic mass is 9.98. The molecule has 0 atom stereocenters. The molecule has 0 saturated carbocycles. The largest absolute Gasteiger partial charge is 0.492 e. The Labute approximate surface area is 108 Å². The number of aliphatic hydroxyl groups excluding tert-OH is 1. The molecule has 4 nitrogen and oxygen atoms in total. The van der Waals surface area contributed by atoms with Crippen molar-refractivity contribution < 1.29 is 9.84 Å². The molecule has 1 heterocycles. The average molecular weight is 250 g/mol. The van der Waals surface area contributed by atoms with E-state index in [1.807, 2.05) is 24.3 Å². The number of ether oxygens (including phenoxy) is 1. The molecule has 1 aliphatic rings. The summed E-state index contributed by atoms with van der Waals surface area (Å²) in [5.74, 6) is 1.33. The van der Waals surface area contributed by atoms with E-state index >= 15 is 0 Å². The maximum atomic E-state index is 9.07. The molecule has 0 bridgehead atoms. The van der Waals surface area contributed by atoms with Gasteiger partial charge >= 0.3 is 0 Å². The van der Waals surface area contributed by atoms with E-state index in [4.69, 9.17) is 15.6 Å². The Balaban J connectivity index is 1.67. The van der Waals surface area contributed by atoms with Gasteiger partial charge in [-0.25, -0.2) is 0 Å². The highest BCUT2D eigenvalue weighted by atomic mass is 16.5. The number of nitrogens with two attached hydrogens (primary N) is 1. The van der Waals surface area contributed by atoms with Gasteiger partial charge in [-0.2, -0.15) is 0 Å². The van der Waals surface area contributed by atoms with Crippen LogP contribution in [0.5, 0.6) is 5.75 Å². The summed E-state index contributed by atoms with van der Waals surface area (Å²) < 4.78 is 5.67.